The lowest BCUT2D eigenvalue weighted by atomic mass is 9.91. The summed E-state index contributed by atoms with van der Waals surface area (Å²) in [7, 11) is 0. The number of carboxylic acid groups (broad SMARTS) is 1. The maximum atomic E-state index is 12.4. The van der Waals surface area contributed by atoms with Crippen molar-refractivity contribution in [2.24, 2.45) is 0 Å². The zero-order chi connectivity index (χ0) is 20.5. The maximum absolute atomic E-state index is 12.4. The van der Waals surface area contributed by atoms with Crippen molar-refractivity contribution in [2.45, 2.75) is 18.4 Å². The van der Waals surface area contributed by atoms with Gasteiger partial charge in [-0.15, -0.1) is 0 Å². The van der Waals surface area contributed by atoms with Gasteiger partial charge >= 0.3 is 12.0 Å². The second kappa shape index (κ2) is 10.1. The van der Waals surface area contributed by atoms with Gasteiger partial charge < -0.3 is 15.7 Å². The van der Waals surface area contributed by atoms with E-state index in [1.165, 1.54) is 0 Å². The van der Waals surface area contributed by atoms with Crippen LogP contribution in [0.4, 0.5) is 4.79 Å². The molecule has 1 atom stereocenters. The molecular weight excluding hydrogens is 364 g/mol. The van der Waals surface area contributed by atoms with Crippen LogP contribution in [0.25, 0.3) is 0 Å². The van der Waals surface area contributed by atoms with Crippen molar-refractivity contribution >= 4 is 12.0 Å². The number of carbonyl (C=O) groups excluding carboxylic acids is 1. The molecule has 0 fully saturated rings. The molecule has 0 saturated heterocycles. The van der Waals surface area contributed by atoms with Crippen LogP contribution in [0.1, 0.15) is 22.6 Å². The van der Waals surface area contributed by atoms with Gasteiger partial charge in [-0.1, -0.05) is 91.0 Å². The van der Waals surface area contributed by atoms with Gasteiger partial charge in [0, 0.05) is 18.9 Å². The minimum absolute atomic E-state index is 0.0273. The lowest BCUT2D eigenvalue weighted by Gasteiger charge is -2.20. The van der Waals surface area contributed by atoms with Gasteiger partial charge in [-0.3, -0.25) is 0 Å². The van der Waals surface area contributed by atoms with Crippen molar-refractivity contribution in [3.63, 3.8) is 0 Å². The highest BCUT2D eigenvalue weighted by Crippen LogP contribution is 2.23. The highest BCUT2D eigenvalue weighted by Gasteiger charge is 2.21. The molecule has 0 aliphatic heterocycles. The van der Waals surface area contributed by atoms with Crippen LogP contribution in [0.15, 0.2) is 91.0 Å². The minimum atomic E-state index is -1.06. The molecule has 3 rings (SSSR count). The summed E-state index contributed by atoms with van der Waals surface area (Å²) in [5, 5.41) is 14.9. The first-order valence-corrected chi connectivity index (χ1v) is 9.54. The molecule has 29 heavy (non-hydrogen) atoms. The topological polar surface area (TPSA) is 78.4 Å². The van der Waals surface area contributed by atoms with E-state index in [1.807, 2.05) is 91.0 Å². The van der Waals surface area contributed by atoms with Gasteiger partial charge in [-0.25, -0.2) is 9.59 Å². The Balaban J connectivity index is 1.65. The number of carbonyl (C=O) groups is 2. The Morgan fingerprint density at radius 1 is 0.759 bits per heavy atom. The molecule has 3 aromatic carbocycles. The van der Waals surface area contributed by atoms with Gasteiger partial charge in [0.25, 0.3) is 0 Å². The summed E-state index contributed by atoms with van der Waals surface area (Å²) in [4.78, 5) is 24.0. The molecule has 0 heterocycles. The van der Waals surface area contributed by atoms with Crippen LogP contribution >= 0.6 is 0 Å². The molecule has 1 unspecified atom stereocenters. The molecule has 2 amide bonds. The summed E-state index contributed by atoms with van der Waals surface area (Å²) in [5.74, 6) is -1.09. The molecule has 0 radical (unpaired) electrons. The van der Waals surface area contributed by atoms with Crippen LogP contribution in [-0.4, -0.2) is 29.7 Å². The number of carboxylic acids is 1. The summed E-state index contributed by atoms with van der Waals surface area (Å²) in [6.07, 6.45) is 0.227. The lowest BCUT2D eigenvalue weighted by molar-refractivity contribution is -0.139. The fraction of sp³-hybridized carbons (Fsp3) is 0.167. The summed E-state index contributed by atoms with van der Waals surface area (Å²) >= 11 is 0. The van der Waals surface area contributed by atoms with E-state index < -0.39 is 18.0 Å². The first-order valence-electron chi connectivity index (χ1n) is 9.54. The summed E-state index contributed by atoms with van der Waals surface area (Å²) in [6, 6.07) is 27.6. The zero-order valence-corrected chi connectivity index (χ0v) is 16.0. The Bertz CT molecular complexity index is 875. The van der Waals surface area contributed by atoms with E-state index in [2.05, 4.69) is 10.6 Å². The predicted octanol–water partition coefficient (Wildman–Crippen LogP) is 3.81. The van der Waals surface area contributed by atoms with Crippen LogP contribution in [0.3, 0.4) is 0 Å². The molecule has 3 aromatic rings. The molecule has 0 aliphatic carbocycles. The number of nitrogens with one attached hydrogen (secondary N) is 2. The first-order chi connectivity index (χ1) is 14.1. The van der Waals surface area contributed by atoms with Gasteiger partial charge in [0.1, 0.15) is 6.04 Å². The predicted molar refractivity (Wildman–Crippen MR) is 113 cm³/mol. The number of hydrogen-bond donors (Lipinski definition) is 3. The maximum Gasteiger partial charge on any atom is 0.326 e. The van der Waals surface area contributed by atoms with Crippen molar-refractivity contribution in [3.05, 3.63) is 108 Å². The normalized spacial score (nSPS) is 11.6. The quantitative estimate of drug-likeness (QED) is 0.549. The average Bonchev–Trinajstić information content (AvgIpc) is 2.75. The Morgan fingerprint density at radius 3 is 1.72 bits per heavy atom. The van der Waals surface area contributed by atoms with E-state index in [9.17, 15) is 14.7 Å². The molecule has 3 N–H and O–H groups in total. The molecule has 0 aromatic heterocycles. The Labute approximate surface area is 170 Å². The number of rotatable bonds is 8. The van der Waals surface area contributed by atoms with Crippen LogP contribution < -0.4 is 10.6 Å². The number of amides is 2. The summed E-state index contributed by atoms with van der Waals surface area (Å²) in [5.41, 5.74) is 3.02. The second-order valence-corrected chi connectivity index (χ2v) is 6.81. The standard InChI is InChI=1S/C24H24N2O3/c27-23(28)22(16-18-10-4-1-5-11-18)26-24(29)25-17-21(19-12-6-2-7-13-19)20-14-8-3-9-15-20/h1-15,21-22H,16-17H2,(H,27,28)(H2,25,26,29). The van der Waals surface area contributed by atoms with Crippen molar-refractivity contribution in [1.29, 1.82) is 0 Å². The van der Waals surface area contributed by atoms with Crippen molar-refractivity contribution in [1.82, 2.24) is 10.6 Å². The van der Waals surface area contributed by atoms with E-state index in [1.54, 1.807) is 0 Å². The minimum Gasteiger partial charge on any atom is -0.480 e. The first kappa shape index (κ1) is 20.1. The molecule has 0 saturated carbocycles. The van der Waals surface area contributed by atoms with E-state index in [-0.39, 0.29) is 12.3 Å². The fourth-order valence-corrected chi connectivity index (χ4v) is 3.25. The Hall–Kier alpha value is -3.60. The highest BCUT2D eigenvalue weighted by atomic mass is 16.4. The van der Waals surface area contributed by atoms with Crippen molar-refractivity contribution in [3.8, 4) is 0 Å². The lowest BCUT2D eigenvalue weighted by Crippen LogP contribution is -2.47. The molecule has 0 bridgehead atoms. The Morgan fingerprint density at radius 2 is 1.24 bits per heavy atom. The number of urea groups is 1. The van der Waals surface area contributed by atoms with E-state index in [0.29, 0.717) is 6.54 Å². The van der Waals surface area contributed by atoms with Gasteiger partial charge in [0.05, 0.1) is 0 Å². The van der Waals surface area contributed by atoms with Crippen LogP contribution in [0, 0.1) is 0 Å². The second-order valence-electron chi connectivity index (χ2n) is 6.81. The third-order valence-corrected chi connectivity index (χ3v) is 4.76. The number of benzene rings is 3. The zero-order valence-electron chi connectivity index (χ0n) is 16.0. The molecule has 5 heteroatoms. The van der Waals surface area contributed by atoms with E-state index in [0.717, 1.165) is 16.7 Å². The monoisotopic (exact) mass is 388 g/mol. The van der Waals surface area contributed by atoms with Crippen LogP contribution in [0.2, 0.25) is 0 Å². The molecule has 148 valence electrons. The van der Waals surface area contributed by atoms with Gasteiger partial charge in [-0.2, -0.15) is 0 Å². The largest absolute Gasteiger partial charge is 0.480 e. The van der Waals surface area contributed by atoms with Gasteiger partial charge in [0.15, 0.2) is 0 Å². The fourth-order valence-electron chi connectivity index (χ4n) is 3.25. The smallest absolute Gasteiger partial charge is 0.326 e. The van der Waals surface area contributed by atoms with Crippen LogP contribution in [-0.2, 0) is 11.2 Å². The molecule has 5 nitrogen and oxygen atoms in total. The van der Waals surface area contributed by atoms with Gasteiger partial charge in [0.2, 0.25) is 0 Å². The summed E-state index contributed by atoms with van der Waals surface area (Å²) in [6.45, 7) is 0.359. The average molecular weight is 388 g/mol. The van der Waals surface area contributed by atoms with Crippen molar-refractivity contribution in [2.75, 3.05) is 6.54 Å². The van der Waals surface area contributed by atoms with Crippen molar-refractivity contribution < 1.29 is 14.7 Å². The molecule has 0 spiro atoms. The number of aliphatic carboxylic acids is 1. The SMILES string of the molecule is O=C(NCC(c1ccccc1)c1ccccc1)NC(Cc1ccccc1)C(=O)O. The number of hydrogen-bond acceptors (Lipinski definition) is 2. The van der Waals surface area contributed by atoms with Crippen LogP contribution in [0.5, 0.6) is 0 Å². The highest BCUT2D eigenvalue weighted by molar-refractivity contribution is 5.82. The van der Waals surface area contributed by atoms with Gasteiger partial charge in [-0.05, 0) is 16.7 Å². The van der Waals surface area contributed by atoms with E-state index in [4.69, 9.17) is 0 Å². The molecule has 0 aliphatic rings. The molecular formula is C24H24N2O3. The summed E-state index contributed by atoms with van der Waals surface area (Å²) < 4.78 is 0. The third-order valence-electron chi connectivity index (χ3n) is 4.76. The van der Waals surface area contributed by atoms with E-state index >= 15 is 0 Å². The Kier molecular flexibility index (Phi) is 7.00. The third kappa shape index (κ3) is 5.94.